The van der Waals surface area contributed by atoms with E-state index in [-0.39, 0.29) is 36.8 Å². The minimum Gasteiger partial charge on any atom is -0.378 e. The number of piperidine rings is 1. The molecule has 1 aromatic rings. The highest BCUT2D eigenvalue weighted by Gasteiger charge is 2.30. The van der Waals surface area contributed by atoms with Crippen LogP contribution in [0.2, 0.25) is 0 Å². The summed E-state index contributed by atoms with van der Waals surface area (Å²) in [6.07, 6.45) is 6.16. The Morgan fingerprint density at radius 3 is 2.70 bits per heavy atom. The highest BCUT2D eigenvalue weighted by molar-refractivity contribution is 5.85. The second kappa shape index (κ2) is 9.47. The smallest absolute Gasteiger partial charge is 0.242 e. The fourth-order valence-electron chi connectivity index (χ4n) is 3.14. The monoisotopic (exact) mass is 364 g/mol. The van der Waals surface area contributed by atoms with E-state index in [2.05, 4.69) is 23.5 Å². The third kappa shape index (κ3) is 4.83. The summed E-state index contributed by atoms with van der Waals surface area (Å²) >= 11 is 0. The van der Waals surface area contributed by atoms with Gasteiger partial charge in [-0.05, 0) is 31.2 Å². The fraction of sp³-hybridized carbons (Fsp3) is 0.733. The molecule has 0 aromatic carbocycles. The van der Waals surface area contributed by atoms with Crippen LogP contribution in [0.4, 0.5) is 0 Å². The van der Waals surface area contributed by atoms with E-state index in [1.165, 1.54) is 5.56 Å². The van der Waals surface area contributed by atoms with E-state index in [4.69, 9.17) is 4.74 Å². The molecule has 3 rings (SSSR count). The van der Waals surface area contributed by atoms with Crippen LogP contribution in [0.5, 0.6) is 0 Å². The summed E-state index contributed by atoms with van der Waals surface area (Å²) < 4.78 is 7.35. The molecule has 6 nitrogen and oxygen atoms in total. The van der Waals surface area contributed by atoms with Crippen molar-refractivity contribution >= 4 is 30.7 Å². The van der Waals surface area contributed by atoms with Crippen molar-refractivity contribution in [1.29, 1.82) is 0 Å². The minimum absolute atomic E-state index is 0. The zero-order valence-electron chi connectivity index (χ0n) is 13.4. The topological polar surface area (TPSA) is 59.4 Å². The van der Waals surface area contributed by atoms with Crippen molar-refractivity contribution in [1.82, 2.24) is 20.0 Å². The summed E-state index contributed by atoms with van der Waals surface area (Å²) in [4.78, 5) is 14.4. The Hall–Kier alpha value is -0.820. The fourth-order valence-corrected chi connectivity index (χ4v) is 3.14. The number of morpholine rings is 1. The van der Waals surface area contributed by atoms with Gasteiger partial charge in [0, 0.05) is 32.4 Å². The molecule has 3 heterocycles. The first kappa shape index (κ1) is 20.2. The van der Waals surface area contributed by atoms with Crippen LogP contribution in [-0.4, -0.2) is 59.5 Å². The molecule has 1 N–H and O–H groups in total. The third-order valence-electron chi connectivity index (χ3n) is 4.47. The summed E-state index contributed by atoms with van der Waals surface area (Å²) in [5.41, 5.74) is 1.31. The first-order chi connectivity index (χ1) is 10.3. The number of aryl methyl sites for hydroxylation is 1. The molecule has 132 valence electrons. The molecule has 2 aliphatic heterocycles. The van der Waals surface area contributed by atoms with Gasteiger partial charge < -0.3 is 15.0 Å². The number of nitrogens with zero attached hydrogens (tertiary/aromatic N) is 3. The van der Waals surface area contributed by atoms with E-state index < -0.39 is 0 Å². The summed E-state index contributed by atoms with van der Waals surface area (Å²) in [7, 11) is 0. The highest BCUT2D eigenvalue weighted by atomic mass is 35.5. The second-order valence-electron chi connectivity index (χ2n) is 5.81. The first-order valence-electron chi connectivity index (χ1n) is 7.90. The Labute approximate surface area is 149 Å². The van der Waals surface area contributed by atoms with Gasteiger partial charge in [0.25, 0.3) is 0 Å². The lowest BCUT2D eigenvalue weighted by atomic mass is 9.91. The maximum absolute atomic E-state index is 12.4. The van der Waals surface area contributed by atoms with E-state index >= 15 is 0 Å². The Morgan fingerprint density at radius 1 is 1.39 bits per heavy atom. The Bertz CT molecular complexity index is 484. The molecule has 1 aromatic heterocycles. The largest absolute Gasteiger partial charge is 0.378 e. The van der Waals surface area contributed by atoms with Crippen molar-refractivity contribution < 1.29 is 9.53 Å². The van der Waals surface area contributed by atoms with Gasteiger partial charge in [0.15, 0.2) is 0 Å². The lowest BCUT2D eigenvalue weighted by Gasteiger charge is -2.35. The van der Waals surface area contributed by atoms with Gasteiger partial charge in [0.05, 0.1) is 19.4 Å². The van der Waals surface area contributed by atoms with E-state index in [1.54, 1.807) is 0 Å². The molecule has 1 unspecified atom stereocenters. The molecule has 0 radical (unpaired) electrons. The molecule has 0 saturated carbocycles. The van der Waals surface area contributed by atoms with Gasteiger partial charge in [-0.1, -0.05) is 0 Å². The maximum Gasteiger partial charge on any atom is 0.242 e. The van der Waals surface area contributed by atoms with Gasteiger partial charge in [-0.15, -0.1) is 24.8 Å². The van der Waals surface area contributed by atoms with Crippen LogP contribution in [0, 0.1) is 0 Å². The quantitative estimate of drug-likeness (QED) is 0.881. The van der Waals surface area contributed by atoms with Crippen molar-refractivity contribution in [2.24, 2.45) is 0 Å². The Balaban J connectivity index is 0.00000132. The van der Waals surface area contributed by atoms with E-state index in [0.29, 0.717) is 19.1 Å². The van der Waals surface area contributed by atoms with Gasteiger partial charge in [0.1, 0.15) is 6.04 Å². The molecule has 1 amide bonds. The molecule has 1 atom stereocenters. The van der Waals surface area contributed by atoms with Crippen molar-refractivity contribution in [3.05, 3.63) is 18.0 Å². The van der Waals surface area contributed by atoms with Gasteiger partial charge >= 0.3 is 0 Å². The average molecular weight is 365 g/mol. The number of halogens is 2. The molecular formula is C15H26Cl2N4O2. The van der Waals surface area contributed by atoms with E-state index in [1.807, 2.05) is 15.8 Å². The number of hydrogen-bond donors (Lipinski definition) is 1. The standard InChI is InChI=1S/C15H24N4O2.2ClH/c1-2-19-10-13(9-17-19)12-3-6-18(7-4-12)15(20)14-11-21-8-5-16-14;;/h9-10,12,14,16H,2-8,11H2,1H3;2*1H. The number of amides is 1. The number of rotatable bonds is 3. The lowest BCUT2D eigenvalue weighted by molar-refractivity contribution is -0.137. The molecule has 0 spiro atoms. The van der Waals surface area contributed by atoms with Crippen molar-refractivity contribution in [3.63, 3.8) is 0 Å². The second-order valence-corrected chi connectivity index (χ2v) is 5.81. The number of ether oxygens (including phenoxy) is 1. The van der Waals surface area contributed by atoms with Crippen molar-refractivity contribution in [2.75, 3.05) is 32.8 Å². The molecule has 23 heavy (non-hydrogen) atoms. The van der Waals surface area contributed by atoms with E-state index in [0.717, 1.165) is 39.0 Å². The summed E-state index contributed by atoms with van der Waals surface area (Å²) in [6, 6.07) is -0.154. The van der Waals surface area contributed by atoms with Crippen LogP contribution in [0.25, 0.3) is 0 Å². The van der Waals surface area contributed by atoms with Crippen molar-refractivity contribution in [3.8, 4) is 0 Å². The number of aromatic nitrogens is 2. The normalized spacial score (nSPS) is 22.1. The first-order valence-corrected chi connectivity index (χ1v) is 7.90. The molecule has 0 bridgehead atoms. The van der Waals surface area contributed by atoms with Gasteiger partial charge in [-0.3, -0.25) is 9.48 Å². The molecule has 8 heteroatoms. The van der Waals surface area contributed by atoms with Gasteiger partial charge in [0.2, 0.25) is 5.91 Å². The summed E-state index contributed by atoms with van der Waals surface area (Å²) in [5.74, 6) is 0.724. The Kier molecular flexibility index (Phi) is 8.33. The predicted octanol–water partition coefficient (Wildman–Crippen LogP) is 1.44. The molecule has 2 aliphatic rings. The van der Waals surface area contributed by atoms with Crippen LogP contribution < -0.4 is 5.32 Å². The van der Waals surface area contributed by atoms with Crippen LogP contribution in [0.1, 0.15) is 31.2 Å². The van der Waals surface area contributed by atoms with Crippen LogP contribution in [0.15, 0.2) is 12.4 Å². The lowest BCUT2D eigenvalue weighted by Crippen LogP contribution is -2.53. The third-order valence-corrected chi connectivity index (χ3v) is 4.47. The number of carbonyl (C=O) groups excluding carboxylic acids is 1. The van der Waals surface area contributed by atoms with Crippen molar-refractivity contribution in [2.45, 2.75) is 38.3 Å². The molecular weight excluding hydrogens is 339 g/mol. The molecule has 2 fully saturated rings. The number of carbonyl (C=O) groups is 1. The average Bonchev–Trinajstić information content (AvgIpc) is 3.04. The zero-order valence-corrected chi connectivity index (χ0v) is 15.1. The maximum atomic E-state index is 12.4. The van der Waals surface area contributed by atoms with Gasteiger partial charge in [-0.25, -0.2) is 0 Å². The van der Waals surface area contributed by atoms with Crippen LogP contribution in [0.3, 0.4) is 0 Å². The highest BCUT2D eigenvalue weighted by Crippen LogP contribution is 2.27. The Morgan fingerprint density at radius 2 is 2.13 bits per heavy atom. The SMILES string of the molecule is CCn1cc(C2CCN(C(=O)C3COCCN3)CC2)cn1.Cl.Cl. The number of nitrogens with one attached hydrogen (secondary N) is 1. The number of hydrogen-bond acceptors (Lipinski definition) is 4. The zero-order chi connectivity index (χ0) is 14.7. The van der Waals surface area contributed by atoms with E-state index in [9.17, 15) is 4.79 Å². The van der Waals surface area contributed by atoms with Gasteiger partial charge in [-0.2, -0.15) is 5.10 Å². The van der Waals surface area contributed by atoms with Crippen LogP contribution >= 0.6 is 24.8 Å². The summed E-state index contributed by atoms with van der Waals surface area (Å²) in [5, 5.41) is 7.59. The molecule has 2 saturated heterocycles. The number of likely N-dealkylation sites (tertiary alicyclic amines) is 1. The predicted molar refractivity (Wildman–Crippen MR) is 93.6 cm³/mol. The summed E-state index contributed by atoms with van der Waals surface area (Å²) in [6.45, 7) is 6.64. The minimum atomic E-state index is -0.154. The van der Waals surface area contributed by atoms with Crippen LogP contribution in [-0.2, 0) is 16.1 Å². The molecule has 0 aliphatic carbocycles.